The summed E-state index contributed by atoms with van der Waals surface area (Å²) in [6.07, 6.45) is 6.40. The van der Waals surface area contributed by atoms with Gasteiger partial charge in [0.1, 0.15) is 0 Å². The van der Waals surface area contributed by atoms with Crippen molar-refractivity contribution < 1.29 is 4.79 Å². The molecule has 3 nitrogen and oxygen atoms in total. The normalized spacial score (nSPS) is 17.8. The summed E-state index contributed by atoms with van der Waals surface area (Å²) in [6.45, 7) is 7.27. The Bertz CT molecular complexity index is 201. The van der Waals surface area contributed by atoms with E-state index in [1.165, 1.54) is 32.1 Å². The molecule has 3 heteroatoms. The topological polar surface area (TPSA) is 33.5 Å². The van der Waals surface area contributed by atoms with Gasteiger partial charge in [0.25, 0.3) is 12.5 Å². The smallest absolute Gasteiger partial charge is 0.300 e. The predicted molar refractivity (Wildman–Crippen MR) is 51.1 cm³/mol. The third kappa shape index (κ3) is 3.93. The van der Waals surface area contributed by atoms with Gasteiger partial charge in [-0.25, -0.2) is 6.57 Å². The van der Waals surface area contributed by atoms with Gasteiger partial charge in [0.15, 0.2) is 0 Å². The minimum atomic E-state index is -0.124. The molecule has 0 atom stereocenters. The van der Waals surface area contributed by atoms with E-state index in [-0.39, 0.29) is 12.5 Å². The summed E-state index contributed by atoms with van der Waals surface area (Å²) in [5.41, 5.74) is 0. The fraction of sp³-hybridized carbons (Fsp3) is 0.800. The van der Waals surface area contributed by atoms with Crippen LogP contribution in [0.25, 0.3) is 4.85 Å². The van der Waals surface area contributed by atoms with Crippen molar-refractivity contribution in [1.82, 2.24) is 5.32 Å². The second kappa shape index (κ2) is 5.58. The number of nitrogens with one attached hydrogen (secondary N) is 1. The number of rotatable bonds is 3. The van der Waals surface area contributed by atoms with Crippen molar-refractivity contribution in [2.24, 2.45) is 5.92 Å². The number of carbonyl (C=O) groups is 1. The van der Waals surface area contributed by atoms with Crippen LogP contribution in [-0.4, -0.2) is 19.0 Å². The lowest BCUT2D eigenvalue weighted by Gasteiger charge is -2.21. The van der Waals surface area contributed by atoms with Crippen molar-refractivity contribution >= 4 is 5.91 Å². The van der Waals surface area contributed by atoms with Gasteiger partial charge in [-0.15, -0.1) is 0 Å². The Morgan fingerprint density at radius 1 is 1.38 bits per heavy atom. The molecule has 1 rings (SSSR count). The number of hydrogen-bond donors (Lipinski definition) is 1. The fourth-order valence-electron chi connectivity index (χ4n) is 1.78. The van der Waals surface area contributed by atoms with E-state index in [1.54, 1.807) is 0 Å². The number of nitrogens with zero attached hydrogens (tertiary/aromatic N) is 1. The molecule has 1 N–H and O–H groups in total. The molecule has 1 fully saturated rings. The van der Waals surface area contributed by atoms with Crippen LogP contribution in [0.1, 0.15) is 32.1 Å². The van der Waals surface area contributed by atoms with Gasteiger partial charge in [-0.1, -0.05) is 19.3 Å². The highest BCUT2D eigenvalue weighted by Crippen LogP contribution is 2.22. The molecule has 72 valence electrons. The van der Waals surface area contributed by atoms with Crippen LogP contribution in [0.3, 0.4) is 0 Å². The average molecular weight is 180 g/mol. The van der Waals surface area contributed by atoms with Gasteiger partial charge in [-0.3, -0.25) is 4.79 Å². The Hall–Kier alpha value is -1.04. The maximum Gasteiger partial charge on any atom is 0.300 e. The van der Waals surface area contributed by atoms with Crippen molar-refractivity contribution in [3.63, 3.8) is 0 Å². The molecular weight excluding hydrogens is 164 g/mol. The van der Waals surface area contributed by atoms with Gasteiger partial charge in [0.05, 0.1) is 0 Å². The highest BCUT2D eigenvalue weighted by molar-refractivity contribution is 5.79. The van der Waals surface area contributed by atoms with Crippen molar-refractivity contribution in [1.29, 1.82) is 0 Å². The molecule has 1 saturated carbocycles. The SMILES string of the molecule is [C-]#[N+]CC(=O)NCC1CCCCC1. The molecule has 0 aromatic heterocycles. The van der Waals surface area contributed by atoms with Crippen LogP contribution in [0.5, 0.6) is 0 Å². The summed E-state index contributed by atoms with van der Waals surface area (Å²) in [5.74, 6) is 0.531. The molecule has 0 unspecified atom stereocenters. The first kappa shape index (κ1) is 10.0. The molecule has 0 heterocycles. The maximum absolute atomic E-state index is 11.0. The fourth-order valence-corrected chi connectivity index (χ4v) is 1.78. The van der Waals surface area contributed by atoms with Gasteiger partial charge >= 0.3 is 0 Å². The molecule has 0 saturated heterocycles. The van der Waals surface area contributed by atoms with E-state index in [0.717, 1.165) is 6.54 Å². The first-order valence-electron chi connectivity index (χ1n) is 4.93. The third-order valence-corrected chi connectivity index (χ3v) is 2.54. The van der Waals surface area contributed by atoms with Gasteiger partial charge < -0.3 is 10.2 Å². The zero-order valence-electron chi connectivity index (χ0n) is 7.88. The lowest BCUT2D eigenvalue weighted by Crippen LogP contribution is -2.31. The standard InChI is InChI=1S/C10H16N2O/c1-11-8-10(13)12-7-9-5-3-2-4-6-9/h9H,2-8H2,(H,12,13). The van der Waals surface area contributed by atoms with Gasteiger partial charge in [-0.05, 0) is 18.8 Å². The molecular formula is C10H16N2O. The van der Waals surface area contributed by atoms with Crippen LogP contribution in [0.4, 0.5) is 0 Å². The number of hydrogen-bond acceptors (Lipinski definition) is 1. The molecule has 0 aliphatic heterocycles. The molecule has 1 aliphatic carbocycles. The van der Waals surface area contributed by atoms with E-state index >= 15 is 0 Å². The Morgan fingerprint density at radius 2 is 2.08 bits per heavy atom. The van der Waals surface area contributed by atoms with E-state index in [4.69, 9.17) is 6.57 Å². The molecule has 0 spiro atoms. The summed E-state index contributed by atoms with van der Waals surface area (Å²) in [5, 5.41) is 2.80. The first-order valence-corrected chi connectivity index (χ1v) is 4.93. The molecule has 1 amide bonds. The molecule has 0 bridgehead atoms. The Labute approximate surface area is 79.3 Å². The minimum Gasteiger partial charge on any atom is -0.349 e. The highest BCUT2D eigenvalue weighted by atomic mass is 16.1. The van der Waals surface area contributed by atoms with Gasteiger partial charge in [-0.2, -0.15) is 0 Å². The van der Waals surface area contributed by atoms with Crippen molar-refractivity contribution in [2.45, 2.75) is 32.1 Å². The van der Waals surface area contributed by atoms with Crippen LogP contribution < -0.4 is 5.32 Å². The van der Waals surface area contributed by atoms with E-state index in [1.807, 2.05) is 0 Å². The van der Waals surface area contributed by atoms with E-state index < -0.39 is 0 Å². The Balaban J connectivity index is 2.10. The van der Waals surface area contributed by atoms with E-state index in [9.17, 15) is 4.79 Å². The van der Waals surface area contributed by atoms with Crippen molar-refractivity contribution in [3.8, 4) is 0 Å². The van der Waals surface area contributed by atoms with Crippen LogP contribution in [0.15, 0.2) is 0 Å². The zero-order chi connectivity index (χ0) is 9.52. The van der Waals surface area contributed by atoms with Gasteiger partial charge in [0.2, 0.25) is 0 Å². The Kier molecular flexibility index (Phi) is 4.31. The molecule has 13 heavy (non-hydrogen) atoms. The second-order valence-electron chi connectivity index (χ2n) is 3.62. The second-order valence-corrected chi connectivity index (χ2v) is 3.62. The largest absolute Gasteiger partial charge is 0.349 e. The highest BCUT2D eigenvalue weighted by Gasteiger charge is 2.14. The summed E-state index contributed by atoms with van der Waals surface area (Å²) in [6, 6.07) is 0. The predicted octanol–water partition coefficient (Wildman–Crippen LogP) is 1.60. The number of carbonyl (C=O) groups excluding carboxylic acids is 1. The molecule has 0 radical (unpaired) electrons. The van der Waals surface area contributed by atoms with Crippen LogP contribution >= 0.6 is 0 Å². The quantitative estimate of drug-likeness (QED) is 0.657. The van der Waals surface area contributed by atoms with E-state index in [2.05, 4.69) is 10.2 Å². The average Bonchev–Trinajstić information content (AvgIpc) is 2.17. The summed E-state index contributed by atoms with van der Waals surface area (Å²) >= 11 is 0. The Morgan fingerprint density at radius 3 is 2.69 bits per heavy atom. The lowest BCUT2D eigenvalue weighted by molar-refractivity contribution is -0.119. The minimum absolute atomic E-state index is 0.0211. The van der Waals surface area contributed by atoms with Crippen LogP contribution in [0, 0.1) is 12.5 Å². The zero-order valence-corrected chi connectivity index (χ0v) is 7.88. The monoisotopic (exact) mass is 180 g/mol. The van der Waals surface area contributed by atoms with E-state index in [0.29, 0.717) is 5.92 Å². The number of amides is 1. The van der Waals surface area contributed by atoms with Gasteiger partial charge in [0, 0.05) is 6.54 Å². The maximum atomic E-state index is 11.0. The summed E-state index contributed by atoms with van der Waals surface area (Å²) in [4.78, 5) is 14.0. The first-order chi connectivity index (χ1) is 6.33. The molecule has 0 aromatic carbocycles. The molecule has 0 aromatic rings. The third-order valence-electron chi connectivity index (χ3n) is 2.54. The summed E-state index contributed by atoms with van der Waals surface area (Å²) in [7, 11) is 0. The van der Waals surface area contributed by atoms with Crippen LogP contribution in [0.2, 0.25) is 0 Å². The summed E-state index contributed by atoms with van der Waals surface area (Å²) < 4.78 is 0. The lowest BCUT2D eigenvalue weighted by atomic mass is 9.89. The van der Waals surface area contributed by atoms with Crippen LogP contribution in [-0.2, 0) is 4.79 Å². The molecule has 1 aliphatic rings. The van der Waals surface area contributed by atoms with Crippen molar-refractivity contribution in [3.05, 3.63) is 11.4 Å². The van der Waals surface area contributed by atoms with Crippen molar-refractivity contribution in [2.75, 3.05) is 13.1 Å².